The number of rotatable bonds is 3. The zero-order chi connectivity index (χ0) is 27.7. The highest BCUT2D eigenvalue weighted by atomic mass is 19.1. The molecule has 9 nitrogen and oxygen atoms in total. The number of halogens is 1. The van der Waals surface area contributed by atoms with Crippen molar-refractivity contribution in [2.45, 2.75) is 77.7 Å². The van der Waals surface area contributed by atoms with Crippen molar-refractivity contribution in [1.29, 1.82) is 0 Å². The van der Waals surface area contributed by atoms with E-state index in [1.54, 1.807) is 13.0 Å². The van der Waals surface area contributed by atoms with Crippen LogP contribution in [0.4, 0.5) is 21.6 Å². The Morgan fingerprint density at radius 2 is 1.77 bits per heavy atom. The van der Waals surface area contributed by atoms with Crippen LogP contribution < -0.4 is 20.6 Å². The van der Waals surface area contributed by atoms with Gasteiger partial charge in [-0.25, -0.2) is 4.39 Å². The SMILES string of the molecule is CC(=O)N1CCc2c(c(N3CCN(C)c4cc(B5OC(C)(C)C(C)(C)O5)c(F)cc43)nn2C2CCNCC2)C1. The molecule has 4 aliphatic heterocycles. The quantitative estimate of drug-likeness (QED) is 0.603. The van der Waals surface area contributed by atoms with E-state index in [1.165, 1.54) is 5.69 Å². The standard InChI is InChI=1S/C28H40BFN6O3/c1-18(37)34-12-9-23-20(17-34)26(32-36(23)19-7-10-31-11-8-19)35-14-13-33(6)24-15-21(22(30)16-25(24)35)29-38-27(2,3)28(4,5)39-29/h15-16,19,31H,7-14,17H2,1-6H3. The van der Waals surface area contributed by atoms with Gasteiger partial charge in [0.1, 0.15) is 5.82 Å². The number of carbonyl (C=O) groups is 1. The third kappa shape index (κ3) is 4.42. The van der Waals surface area contributed by atoms with E-state index in [4.69, 9.17) is 14.4 Å². The van der Waals surface area contributed by atoms with Crippen molar-refractivity contribution in [3.8, 4) is 0 Å². The fourth-order valence-corrected chi connectivity index (χ4v) is 6.22. The molecule has 4 aliphatic rings. The summed E-state index contributed by atoms with van der Waals surface area (Å²) in [6.07, 6.45) is 2.83. The molecule has 5 heterocycles. The smallest absolute Gasteiger partial charge is 0.399 e. The third-order valence-corrected chi connectivity index (χ3v) is 9.38. The van der Waals surface area contributed by atoms with Crippen molar-refractivity contribution >= 4 is 35.7 Å². The second kappa shape index (κ2) is 9.49. The van der Waals surface area contributed by atoms with Crippen molar-refractivity contribution in [2.75, 3.05) is 49.6 Å². The number of carbonyl (C=O) groups excluding carboxylic acids is 1. The number of fused-ring (bicyclic) bond motifs is 2. The molecule has 0 unspecified atom stereocenters. The van der Waals surface area contributed by atoms with Crippen molar-refractivity contribution in [2.24, 2.45) is 0 Å². The van der Waals surface area contributed by atoms with Gasteiger partial charge in [-0.1, -0.05) is 0 Å². The first-order valence-electron chi connectivity index (χ1n) is 14.2. The first kappa shape index (κ1) is 26.6. The van der Waals surface area contributed by atoms with Gasteiger partial charge < -0.3 is 29.3 Å². The van der Waals surface area contributed by atoms with Gasteiger partial charge in [-0.05, 0) is 65.8 Å². The minimum atomic E-state index is -0.778. The van der Waals surface area contributed by atoms with Crippen LogP contribution in [0.15, 0.2) is 12.1 Å². The summed E-state index contributed by atoms with van der Waals surface area (Å²) < 4.78 is 30.5. The molecule has 0 atom stereocenters. The number of anilines is 3. The average molecular weight is 538 g/mol. The summed E-state index contributed by atoms with van der Waals surface area (Å²) in [7, 11) is 1.25. The molecular weight excluding hydrogens is 498 g/mol. The lowest BCUT2D eigenvalue weighted by atomic mass is 9.78. The van der Waals surface area contributed by atoms with E-state index in [9.17, 15) is 4.79 Å². The molecule has 210 valence electrons. The second-order valence-corrected chi connectivity index (χ2v) is 12.4. The van der Waals surface area contributed by atoms with Crippen LogP contribution in [-0.2, 0) is 27.1 Å². The Morgan fingerprint density at radius 3 is 2.44 bits per heavy atom. The Kier molecular flexibility index (Phi) is 6.47. The van der Waals surface area contributed by atoms with Gasteiger partial charge in [-0.3, -0.25) is 9.48 Å². The topological polar surface area (TPSA) is 75.1 Å². The van der Waals surface area contributed by atoms with Crippen LogP contribution in [0.1, 0.15) is 64.8 Å². The Morgan fingerprint density at radius 1 is 1.08 bits per heavy atom. The summed E-state index contributed by atoms with van der Waals surface area (Å²) >= 11 is 0. The number of aromatic nitrogens is 2. The monoisotopic (exact) mass is 538 g/mol. The van der Waals surface area contributed by atoms with E-state index >= 15 is 4.39 Å². The molecule has 0 aliphatic carbocycles. The van der Waals surface area contributed by atoms with E-state index in [0.29, 0.717) is 31.1 Å². The maximum Gasteiger partial charge on any atom is 0.497 e. The predicted molar refractivity (Wildman–Crippen MR) is 151 cm³/mol. The largest absolute Gasteiger partial charge is 0.497 e. The van der Waals surface area contributed by atoms with Crippen LogP contribution in [0.5, 0.6) is 0 Å². The molecule has 1 aromatic heterocycles. The molecular formula is C28H40BFN6O3. The Labute approximate surface area is 230 Å². The highest BCUT2D eigenvalue weighted by Gasteiger charge is 2.52. The van der Waals surface area contributed by atoms with E-state index in [2.05, 4.69) is 19.8 Å². The van der Waals surface area contributed by atoms with Gasteiger partial charge in [-0.15, -0.1) is 0 Å². The van der Waals surface area contributed by atoms with Crippen molar-refractivity contribution < 1.29 is 18.5 Å². The second-order valence-electron chi connectivity index (χ2n) is 12.4. The Balaban J connectivity index is 1.42. The number of hydrogen-bond acceptors (Lipinski definition) is 7. The summed E-state index contributed by atoms with van der Waals surface area (Å²) in [4.78, 5) is 18.5. The number of piperidine rings is 1. The number of hydrogen-bond donors (Lipinski definition) is 1. The maximum atomic E-state index is 15.9. The van der Waals surface area contributed by atoms with Crippen LogP contribution >= 0.6 is 0 Å². The van der Waals surface area contributed by atoms with E-state index in [0.717, 1.165) is 61.7 Å². The van der Waals surface area contributed by atoms with E-state index in [-0.39, 0.29) is 11.7 Å². The van der Waals surface area contributed by atoms with Crippen LogP contribution in [0.3, 0.4) is 0 Å². The lowest BCUT2D eigenvalue weighted by molar-refractivity contribution is -0.129. The Hall–Kier alpha value is -2.63. The average Bonchev–Trinajstić information content (AvgIpc) is 3.37. The summed E-state index contributed by atoms with van der Waals surface area (Å²) in [5.74, 6) is 0.550. The molecule has 39 heavy (non-hydrogen) atoms. The molecule has 0 radical (unpaired) electrons. The highest BCUT2D eigenvalue weighted by molar-refractivity contribution is 6.62. The Bertz CT molecular complexity index is 1270. The van der Waals surface area contributed by atoms with Crippen molar-refractivity contribution in [1.82, 2.24) is 20.0 Å². The van der Waals surface area contributed by atoms with Gasteiger partial charge in [0.15, 0.2) is 5.82 Å². The van der Waals surface area contributed by atoms with E-state index < -0.39 is 18.3 Å². The fraction of sp³-hybridized carbons (Fsp3) is 0.643. The molecule has 11 heteroatoms. The molecule has 1 amide bonds. The van der Waals surface area contributed by atoms with Crippen molar-refractivity contribution in [3.63, 3.8) is 0 Å². The molecule has 1 aromatic carbocycles. The summed E-state index contributed by atoms with van der Waals surface area (Å²) in [5.41, 5.74) is 3.29. The predicted octanol–water partition coefficient (Wildman–Crippen LogP) is 2.74. The first-order valence-corrected chi connectivity index (χ1v) is 14.2. The van der Waals surface area contributed by atoms with E-state index in [1.807, 2.05) is 45.7 Å². The normalized spacial score (nSPS) is 22.7. The minimum Gasteiger partial charge on any atom is -0.399 e. The summed E-state index contributed by atoms with van der Waals surface area (Å²) in [6, 6.07) is 3.80. The van der Waals surface area contributed by atoms with Gasteiger partial charge in [0.2, 0.25) is 5.91 Å². The van der Waals surface area contributed by atoms with Gasteiger partial charge in [0.25, 0.3) is 0 Å². The molecule has 0 bridgehead atoms. The van der Waals surface area contributed by atoms with Crippen molar-refractivity contribution in [3.05, 3.63) is 29.2 Å². The fourth-order valence-electron chi connectivity index (χ4n) is 6.22. The molecule has 2 saturated heterocycles. The summed E-state index contributed by atoms with van der Waals surface area (Å²) in [5, 5.41) is 8.66. The number of benzene rings is 1. The van der Waals surface area contributed by atoms with Crippen LogP contribution in [0.25, 0.3) is 0 Å². The lowest BCUT2D eigenvalue weighted by Gasteiger charge is -2.37. The van der Waals surface area contributed by atoms with Gasteiger partial charge in [0.05, 0.1) is 35.2 Å². The van der Waals surface area contributed by atoms with Gasteiger partial charge >= 0.3 is 7.12 Å². The maximum absolute atomic E-state index is 15.9. The number of nitrogens with zero attached hydrogens (tertiary/aromatic N) is 5. The zero-order valence-corrected chi connectivity index (χ0v) is 24.0. The highest BCUT2D eigenvalue weighted by Crippen LogP contribution is 2.42. The number of amides is 1. The third-order valence-electron chi connectivity index (χ3n) is 9.38. The van der Waals surface area contributed by atoms with Crippen LogP contribution in [-0.4, -0.2) is 78.7 Å². The number of nitrogens with one attached hydrogen (secondary N) is 1. The summed E-state index contributed by atoms with van der Waals surface area (Å²) in [6.45, 7) is 14.1. The molecule has 1 N–H and O–H groups in total. The molecule has 2 aromatic rings. The molecule has 6 rings (SSSR count). The number of likely N-dealkylation sites (N-methyl/N-ethyl adjacent to an activating group) is 1. The first-order chi connectivity index (χ1) is 18.5. The van der Waals surface area contributed by atoms with Crippen LogP contribution in [0, 0.1) is 5.82 Å². The molecule has 2 fully saturated rings. The van der Waals surface area contributed by atoms with Gasteiger partial charge in [0, 0.05) is 56.7 Å². The molecule has 0 spiro atoms. The van der Waals surface area contributed by atoms with Gasteiger partial charge in [-0.2, -0.15) is 5.10 Å². The molecule has 0 saturated carbocycles. The van der Waals surface area contributed by atoms with Crippen LogP contribution in [0.2, 0.25) is 0 Å². The lowest BCUT2D eigenvalue weighted by Crippen LogP contribution is -2.41. The minimum absolute atomic E-state index is 0.0677. The zero-order valence-electron chi connectivity index (χ0n) is 24.0.